The minimum atomic E-state index is -3.32. The van der Waals surface area contributed by atoms with Gasteiger partial charge in [-0.05, 0) is 43.2 Å². The van der Waals surface area contributed by atoms with Gasteiger partial charge < -0.3 is 5.32 Å². The molecule has 22 heavy (non-hydrogen) atoms. The second-order valence-corrected chi connectivity index (χ2v) is 7.19. The van der Waals surface area contributed by atoms with E-state index in [4.69, 9.17) is 11.6 Å². The van der Waals surface area contributed by atoms with E-state index in [9.17, 15) is 8.42 Å². The van der Waals surface area contributed by atoms with E-state index in [-0.39, 0.29) is 5.75 Å². The maximum Gasteiger partial charge on any atom is 0.233 e. The Kier molecular flexibility index (Phi) is 5.26. The Bertz CT molecular complexity index is 746. The quantitative estimate of drug-likeness (QED) is 0.836. The molecule has 0 unspecified atom stereocenters. The van der Waals surface area contributed by atoms with E-state index in [1.165, 1.54) is 0 Å². The summed E-state index contributed by atoms with van der Waals surface area (Å²) >= 11 is 6.08. The van der Waals surface area contributed by atoms with Crippen molar-refractivity contribution in [3.8, 4) is 0 Å². The van der Waals surface area contributed by atoms with E-state index in [1.807, 2.05) is 32.0 Å². The van der Waals surface area contributed by atoms with Crippen molar-refractivity contribution >= 4 is 38.8 Å². The number of nitrogens with zero attached hydrogens (tertiary/aromatic N) is 1. The van der Waals surface area contributed by atoms with Crippen LogP contribution >= 0.6 is 11.6 Å². The minimum Gasteiger partial charge on any atom is -0.354 e. The largest absolute Gasteiger partial charge is 0.354 e. The van der Waals surface area contributed by atoms with E-state index in [0.717, 1.165) is 16.9 Å². The topological polar surface area (TPSA) is 71.1 Å². The van der Waals surface area contributed by atoms with Crippen LogP contribution in [0.15, 0.2) is 36.5 Å². The summed E-state index contributed by atoms with van der Waals surface area (Å²) in [6.45, 7) is 3.75. The van der Waals surface area contributed by atoms with Crippen LogP contribution in [0.4, 0.5) is 17.2 Å². The molecule has 0 atom stereocenters. The second kappa shape index (κ2) is 6.98. The molecule has 0 aliphatic heterocycles. The van der Waals surface area contributed by atoms with Crippen LogP contribution in [0.3, 0.4) is 0 Å². The first-order valence-corrected chi connectivity index (χ1v) is 8.92. The third-order valence-electron chi connectivity index (χ3n) is 2.96. The van der Waals surface area contributed by atoms with Gasteiger partial charge in [0.05, 0.1) is 17.6 Å². The summed E-state index contributed by atoms with van der Waals surface area (Å²) in [5.74, 6) is 0.386. The number of anilines is 3. The number of nitrogens with one attached hydrogen (secondary N) is 2. The molecule has 1 aromatic heterocycles. The first kappa shape index (κ1) is 16.6. The molecule has 0 spiro atoms. The molecule has 2 aromatic rings. The lowest BCUT2D eigenvalue weighted by atomic mass is 10.2. The Morgan fingerprint density at radius 1 is 1.18 bits per heavy atom. The first-order valence-electron chi connectivity index (χ1n) is 6.89. The van der Waals surface area contributed by atoms with Crippen LogP contribution in [0.25, 0.3) is 0 Å². The predicted molar refractivity (Wildman–Crippen MR) is 91.4 cm³/mol. The lowest BCUT2D eigenvalue weighted by Gasteiger charge is -2.09. The molecule has 0 fully saturated rings. The van der Waals surface area contributed by atoms with Crippen molar-refractivity contribution in [1.29, 1.82) is 0 Å². The van der Waals surface area contributed by atoms with Gasteiger partial charge in [0.15, 0.2) is 0 Å². The highest BCUT2D eigenvalue weighted by atomic mass is 35.5. The Morgan fingerprint density at radius 3 is 2.50 bits per heavy atom. The number of halogens is 1. The molecule has 0 aliphatic rings. The summed E-state index contributed by atoms with van der Waals surface area (Å²) < 4.78 is 25.8. The van der Waals surface area contributed by atoms with Crippen molar-refractivity contribution in [1.82, 2.24) is 4.98 Å². The van der Waals surface area contributed by atoms with Crippen LogP contribution in [0, 0.1) is 6.92 Å². The highest BCUT2D eigenvalue weighted by molar-refractivity contribution is 7.92. The molecule has 0 saturated heterocycles. The maximum atomic E-state index is 11.7. The summed E-state index contributed by atoms with van der Waals surface area (Å²) in [4.78, 5) is 4.10. The molecule has 1 aromatic carbocycles. The highest BCUT2D eigenvalue weighted by Crippen LogP contribution is 2.23. The Morgan fingerprint density at radius 2 is 1.91 bits per heavy atom. The van der Waals surface area contributed by atoms with Gasteiger partial charge in [0, 0.05) is 10.7 Å². The van der Waals surface area contributed by atoms with Crippen LogP contribution < -0.4 is 10.0 Å². The number of rotatable bonds is 6. The van der Waals surface area contributed by atoms with Gasteiger partial charge in [-0.25, -0.2) is 13.4 Å². The van der Waals surface area contributed by atoms with Crippen LogP contribution in [0.1, 0.15) is 18.9 Å². The van der Waals surface area contributed by atoms with Crippen molar-refractivity contribution in [2.24, 2.45) is 0 Å². The molecule has 0 bridgehead atoms. The molecular formula is C15H18ClN3O2S. The normalized spacial score (nSPS) is 11.2. The third-order valence-corrected chi connectivity index (χ3v) is 4.83. The Labute approximate surface area is 135 Å². The molecule has 7 heteroatoms. The van der Waals surface area contributed by atoms with Gasteiger partial charge in [0.25, 0.3) is 0 Å². The predicted octanol–water partition coefficient (Wildman–Crippen LogP) is 3.94. The van der Waals surface area contributed by atoms with E-state index >= 15 is 0 Å². The zero-order valence-corrected chi connectivity index (χ0v) is 14.0. The summed E-state index contributed by atoms with van der Waals surface area (Å²) in [6.07, 6.45) is 2.13. The summed E-state index contributed by atoms with van der Waals surface area (Å²) in [7, 11) is -3.32. The first-order chi connectivity index (χ1) is 10.4. The zero-order valence-electron chi connectivity index (χ0n) is 12.4. The zero-order chi connectivity index (χ0) is 16.2. The number of pyridine rings is 1. The molecule has 0 amide bonds. The molecule has 118 valence electrons. The molecule has 1 heterocycles. The highest BCUT2D eigenvalue weighted by Gasteiger charge is 2.09. The number of hydrogen-bond donors (Lipinski definition) is 2. The van der Waals surface area contributed by atoms with Crippen molar-refractivity contribution in [3.63, 3.8) is 0 Å². The van der Waals surface area contributed by atoms with Gasteiger partial charge in [-0.1, -0.05) is 24.6 Å². The molecule has 0 radical (unpaired) electrons. The van der Waals surface area contributed by atoms with Crippen LogP contribution in [-0.2, 0) is 10.0 Å². The van der Waals surface area contributed by atoms with Crippen LogP contribution in [0.5, 0.6) is 0 Å². The van der Waals surface area contributed by atoms with E-state index < -0.39 is 10.0 Å². The second-order valence-electron chi connectivity index (χ2n) is 4.94. The standard InChI is InChI=1S/C15H18ClN3O2S/c1-3-8-22(20,21)19-15-7-6-13(10-17-15)18-12-5-4-11(2)14(16)9-12/h4-7,9-10,18H,3,8H2,1-2H3,(H,17,19). The van der Waals surface area contributed by atoms with E-state index in [2.05, 4.69) is 15.0 Å². The Hall–Kier alpha value is -1.79. The molecule has 2 rings (SSSR count). The number of hydrogen-bond acceptors (Lipinski definition) is 4. The third kappa shape index (κ3) is 4.61. The fourth-order valence-electron chi connectivity index (χ4n) is 1.84. The van der Waals surface area contributed by atoms with Crippen molar-refractivity contribution in [2.45, 2.75) is 20.3 Å². The SMILES string of the molecule is CCCS(=O)(=O)Nc1ccc(Nc2ccc(C)c(Cl)c2)cn1. The van der Waals surface area contributed by atoms with Gasteiger partial charge >= 0.3 is 0 Å². The summed E-state index contributed by atoms with van der Waals surface area (Å²) in [5.41, 5.74) is 2.60. The fraction of sp³-hybridized carbons (Fsp3) is 0.267. The van der Waals surface area contributed by atoms with Crippen molar-refractivity contribution in [3.05, 3.63) is 47.1 Å². The molecule has 2 N–H and O–H groups in total. The monoisotopic (exact) mass is 339 g/mol. The molecule has 0 aliphatic carbocycles. The smallest absolute Gasteiger partial charge is 0.233 e. The maximum absolute atomic E-state index is 11.7. The molecular weight excluding hydrogens is 322 g/mol. The van der Waals surface area contributed by atoms with Gasteiger partial charge in [0.2, 0.25) is 10.0 Å². The van der Waals surface area contributed by atoms with Crippen LogP contribution in [-0.4, -0.2) is 19.2 Å². The summed E-state index contributed by atoms with van der Waals surface area (Å²) in [5, 5.41) is 3.85. The minimum absolute atomic E-state index is 0.0799. The Balaban J connectivity index is 2.07. The van der Waals surface area contributed by atoms with E-state index in [0.29, 0.717) is 17.3 Å². The van der Waals surface area contributed by atoms with E-state index in [1.54, 1.807) is 18.3 Å². The molecule has 0 saturated carbocycles. The fourth-order valence-corrected chi connectivity index (χ4v) is 3.10. The lowest BCUT2D eigenvalue weighted by Crippen LogP contribution is -2.16. The number of sulfonamides is 1. The van der Waals surface area contributed by atoms with Gasteiger partial charge in [-0.2, -0.15) is 0 Å². The van der Waals surface area contributed by atoms with Gasteiger partial charge in [0.1, 0.15) is 5.82 Å². The number of aryl methyl sites for hydroxylation is 1. The molecule has 5 nitrogen and oxygen atoms in total. The van der Waals surface area contributed by atoms with Crippen molar-refractivity contribution in [2.75, 3.05) is 15.8 Å². The number of benzene rings is 1. The summed E-state index contributed by atoms with van der Waals surface area (Å²) in [6, 6.07) is 9.04. The van der Waals surface area contributed by atoms with Crippen molar-refractivity contribution < 1.29 is 8.42 Å². The van der Waals surface area contributed by atoms with Crippen LogP contribution in [0.2, 0.25) is 5.02 Å². The number of aromatic nitrogens is 1. The lowest BCUT2D eigenvalue weighted by molar-refractivity contribution is 0.599. The average molecular weight is 340 g/mol. The average Bonchev–Trinajstić information content (AvgIpc) is 2.44. The van der Waals surface area contributed by atoms with Gasteiger partial charge in [-0.3, -0.25) is 4.72 Å². The van der Waals surface area contributed by atoms with Gasteiger partial charge in [-0.15, -0.1) is 0 Å².